The Kier molecular flexibility index (Phi) is 5.97. The molecular formula is C25H22N4O3S2. The molecule has 172 valence electrons. The Balaban J connectivity index is 1.37. The number of hydrogen-bond donors (Lipinski definition) is 0. The Morgan fingerprint density at radius 3 is 2.59 bits per heavy atom. The number of thioether (sulfide) groups is 1. The number of Topliss-reactive ketones (excluding diaryl/α,β-unsaturated/α-hetero) is 1. The number of aromatic nitrogens is 4. The molecule has 3 heterocycles. The summed E-state index contributed by atoms with van der Waals surface area (Å²) in [6.07, 6.45) is 0. The summed E-state index contributed by atoms with van der Waals surface area (Å²) >= 11 is 2.98. The third-order valence-electron chi connectivity index (χ3n) is 5.61. The van der Waals surface area contributed by atoms with Crippen LogP contribution >= 0.6 is 23.1 Å². The Labute approximate surface area is 204 Å². The molecule has 0 atom stereocenters. The molecule has 0 aliphatic carbocycles. The van der Waals surface area contributed by atoms with Crippen LogP contribution in [0.4, 0.5) is 0 Å². The van der Waals surface area contributed by atoms with Crippen molar-refractivity contribution in [1.29, 1.82) is 0 Å². The van der Waals surface area contributed by atoms with Crippen LogP contribution in [0.1, 0.15) is 39.0 Å². The maximum atomic E-state index is 13.2. The molecule has 0 aliphatic heterocycles. The maximum Gasteiger partial charge on any atom is 0.338 e. The zero-order valence-corrected chi connectivity index (χ0v) is 20.6. The molecule has 7 nitrogen and oxygen atoms in total. The fourth-order valence-electron chi connectivity index (χ4n) is 4.06. The minimum Gasteiger partial charge on any atom is -0.462 e. The van der Waals surface area contributed by atoms with Crippen LogP contribution in [-0.4, -0.2) is 43.3 Å². The minimum atomic E-state index is -0.344. The SMILES string of the molecule is CCOC(=O)c1ccc(-n2c(C)cc(C(=O)CSc3nnc4sc5ccccc5n34)c2C)cc1. The summed E-state index contributed by atoms with van der Waals surface area (Å²) in [4.78, 5) is 25.9. The molecule has 0 amide bonds. The van der Waals surface area contributed by atoms with Gasteiger partial charge >= 0.3 is 5.97 Å². The standard InChI is InChI=1S/C25H22N4O3S2/c1-4-32-23(31)17-9-11-18(12-10-17)28-15(2)13-19(16(28)3)21(30)14-33-24-26-27-25-29(24)20-7-5-6-8-22(20)34-25/h5-13H,4,14H2,1-3H3. The van der Waals surface area contributed by atoms with Gasteiger partial charge in [0.25, 0.3) is 0 Å². The van der Waals surface area contributed by atoms with Crippen molar-refractivity contribution >= 4 is 50.0 Å². The van der Waals surface area contributed by atoms with Gasteiger partial charge in [0.05, 0.1) is 28.1 Å². The summed E-state index contributed by atoms with van der Waals surface area (Å²) < 4.78 is 10.2. The fraction of sp³-hybridized carbons (Fsp3) is 0.200. The lowest BCUT2D eigenvalue weighted by molar-refractivity contribution is 0.0526. The summed E-state index contributed by atoms with van der Waals surface area (Å²) in [6, 6.07) is 17.2. The lowest BCUT2D eigenvalue weighted by Crippen LogP contribution is -2.07. The van der Waals surface area contributed by atoms with Gasteiger partial charge in [0.2, 0.25) is 4.96 Å². The van der Waals surface area contributed by atoms with Crippen molar-refractivity contribution in [3.63, 3.8) is 0 Å². The first-order valence-electron chi connectivity index (χ1n) is 10.8. The second-order valence-corrected chi connectivity index (χ2v) is 9.72. The highest BCUT2D eigenvalue weighted by Crippen LogP contribution is 2.30. The molecule has 0 N–H and O–H groups in total. The number of aryl methyl sites for hydroxylation is 1. The number of esters is 1. The number of carbonyl (C=O) groups is 2. The maximum absolute atomic E-state index is 13.2. The molecule has 0 unspecified atom stereocenters. The van der Waals surface area contributed by atoms with Gasteiger partial charge in [0.15, 0.2) is 10.9 Å². The number of ether oxygens (including phenoxy) is 1. The number of rotatable bonds is 7. The van der Waals surface area contributed by atoms with Gasteiger partial charge in [-0.05, 0) is 63.2 Å². The number of nitrogens with zero attached hydrogens (tertiary/aromatic N) is 4. The van der Waals surface area contributed by atoms with Crippen LogP contribution < -0.4 is 0 Å². The lowest BCUT2D eigenvalue weighted by Gasteiger charge is -2.11. The van der Waals surface area contributed by atoms with E-state index in [1.165, 1.54) is 11.8 Å². The van der Waals surface area contributed by atoms with Crippen LogP contribution in [0.5, 0.6) is 0 Å². The van der Waals surface area contributed by atoms with Gasteiger partial charge in [-0.25, -0.2) is 4.79 Å². The fourth-order valence-corrected chi connectivity index (χ4v) is 5.91. The van der Waals surface area contributed by atoms with Crippen LogP contribution in [0.25, 0.3) is 20.9 Å². The van der Waals surface area contributed by atoms with E-state index in [1.807, 2.05) is 59.2 Å². The van der Waals surface area contributed by atoms with Gasteiger partial charge in [-0.15, -0.1) is 10.2 Å². The van der Waals surface area contributed by atoms with Crippen molar-refractivity contribution in [2.45, 2.75) is 25.9 Å². The molecule has 0 aliphatic rings. The number of thiazole rings is 1. The number of carbonyl (C=O) groups excluding carboxylic acids is 2. The highest BCUT2D eigenvalue weighted by atomic mass is 32.2. The highest BCUT2D eigenvalue weighted by molar-refractivity contribution is 7.99. The molecule has 2 aromatic carbocycles. The predicted molar refractivity (Wildman–Crippen MR) is 135 cm³/mol. The van der Waals surface area contributed by atoms with Gasteiger partial charge in [0.1, 0.15) is 0 Å². The van der Waals surface area contributed by atoms with Crippen molar-refractivity contribution in [2.75, 3.05) is 12.4 Å². The third kappa shape index (κ3) is 3.91. The Morgan fingerprint density at radius 1 is 1.06 bits per heavy atom. The number of hydrogen-bond acceptors (Lipinski definition) is 7. The van der Waals surface area contributed by atoms with Crippen LogP contribution in [0.15, 0.2) is 59.8 Å². The minimum absolute atomic E-state index is 0.0313. The molecule has 0 radical (unpaired) electrons. The van der Waals surface area contributed by atoms with E-state index < -0.39 is 0 Å². The number of benzene rings is 2. The smallest absolute Gasteiger partial charge is 0.338 e. The van der Waals surface area contributed by atoms with E-state index in [4.69, 9.17) is 4.74 Å². The second kappa shape index (κ2) is 9.08. The number of para-hydroxylation sites is 1. The van der Waals surface area contributed by atoms with Crippen molar-refractivity contribution in [1.82, 2.24) is 19.2 Å². The molecule has 3 aromatic heterocycles. The normalized spacial score (nSPS) is 11.4. The summed E-state index contributed by atoms with van der Waals surface area (Å²) in [5, 5.41) is 9.28. The molecule has 0 saturated carbocycles. The van der Waals surface area contributed by atoms with Gasteiger partial charge in [-0.3, -0.25) is 9.20 Å². The van der Waals surface area contributed by atoms with E-state index in [-0.39, 0.29) is 17.5 Å². The van der Waals surface area contributed by atoms with Crippen LogP contribution in [0, 0.1) is 13.8 Å². The molecule has 34 heavy (non-hydrogen) atoms. The van der Waals surface area contributed by atoms with E-state index in [0.29, 0.717) is 22.9 Å². The summed E-state index contributed by atoms with van der Waals surface area (Å²) in [5.41, 5.74) is 4.92. The molecule has 0 fully saturated rings. The molecule has 0 bridgehead atoms. The average molecular weight is 491 g/mol. The Bertz CT molecular complexity index is 1530. The van der Waals surface area contributed by atoms with Crippen molar-refractivity contribution < 1.29 is 14.3 Å². The van der Waals surface area contributed by atoms with Gasteiger partial charge < -0.3 is 9.30 Å². The molecule has 0 saturated heterocycles. The monoisotopic (exact) mass is 490 g/mol. The average Bonchev–Trinajstić information content (AvgIpc) is 3.49. The number of ketones is 1. The largest absolute Gasteiger partial charge is 0.462 e. The Morgan fingerprint density at radius 2 is 1.82 bits per heavy atom. The molecule has 5 rings (SSSR count). The topological polar surface area (TPSA) is 78.5 Å². The Hall–Kier alpha value is -3.43. The zero-order valence-electron chi connectivity index (χ0n) is 18.9. The molecular weight excluding hydrogens is 468 g/mol. The first-order valence-corrected chi connectivity index (χ1v) is 12.6. The molecule has 9 heteroatoms. The van der Waals surface area contributed by atoms with Crippen molar-refractivity contribution in [2.24, 2.45) is 0 Å². The zero-order chi connectivity index (χ0) is 23.8. The van der Waals surface area contributed by atoms with Crippen molar-refractivity contribution in [3.8, 4) is 5.69 Å². The lowest BCUT2D eigenvalue weighted by atomic mass is 10.2. The third-order valence-corrected chi connectivity index (χ3v) is 7.55. The van der Waals surface area contributed by atoms with Crippen LogP contribution in [0.3, 0.4) is 0 Å². The summed E-state index contributed by atoms with van der Waals surface area (Å²) in [7, 11) is 0. The first-order chi connectivity index (χ1) is 16.5. The summed E-state index contributed by atoms with van der Waals surface area (Å²) in [5.74, 6) is -0.0514. The van der Waals surface area contributed by atoms with E-state index in [1.54, 1.807) is 30.4 Å². The van der Waals surface area contributed by atoms with E-state index >= 15 is 0 Å². The van der Waals surface area contributed by atoms with Crippen LogP contribution in [-0.2, 0) is 4.74 Å². The quantitative estimate of drug-likeness (QED) is 0.170. The van der Waals surface area contributed by atoms with Crippen LogP contribution in [0.2, 0.25) is 0 Å². The second-order valence-electron chi connectivity index (χ2n) is 7.77. The van der Waals surface area contributed by atoms with E-state index in [9.17, 15) is 9.59 Å². The number of fused-ring (bicyclic) bond motifs is 3. The van der Waals surface area contributed by atoms with E-state index in [0.717, 1.165) is 32.3 Å². The van der Waals surface area contributed by atoms with E-state index in [2.05, 4.69) is 16.3 Å². The van der Waals surface area contributed by atoms with Gasteiger partial charge in [0, 0.05) is 22.6 Å². The highest BCUT2D eigenvalue weighted by Gasteiger charge is 2.19. The summed E-state index contributed by atoms with van der Waals surface area (Å²) in [6.45, 7) is 6.02. The van der Waals surface area contributed by atoms with Gasteiger partial charge in [-0.1, -0.05) is 35.2 Å². The molecule has 5 aromatic rings. The first kappa shape index (κ1) is 22.4. The van der Waals surface area contributed by atoms with Gasteiger partial charge in [-0.2, -0.15) is 0 Å². The predicted octanol–water partition coefficient (Wildman–Crippen LogP) is 5.50. The molecule has 0 spiro atoms. The van der Waals surface area contributed by atoms with Crippen molar-refractivity contribution in [3.05, 3.63) is 77.1 Å².